The van der Waals surface area contributed by atoms with Gasteiger partial charge in [0.1, 0.15) is 0 Å². The molecule has 0 fully saturated rings. The van der Waals surface area contributed by atoms with Gasteiger partial charge >= 0.3 is 0 Å². The van der Waals surface area contributed by atoms with E-state index in [1.807, 2.05) is 16.3 Å². The van der Waals surface area contributed by atoms with Crippen molar-refractivity contribution in [2.24, 2.45) is 12.8 Å². The van der Waals surface area contributed by atoms with Gasteiger partial charge in [0.25, 0.3) is 0 Å². The summed E-state index contributed by atoms with van der Waals surface area (Å²) in [4.78, 5) is 4.07. The van der Waals surface area contributed by atoms with Crippen molar-refractivity contribution in [2.45, 2.75) is 25.9 Å². The lowest BCUT2D eigenvalue weighted by Gasteiger charge is -2.15. The van der Waals surface area contributed by atoms with Crippen LogP contribution in [0, 0.1) is 0 Å². The van der Waals surface area contributed by atoms with Gasteiger partial charge in [-0.2, -0.15) is 5.10 Å². The van der Waals surface area contributed by atoms with Crippen LogP contribution in [0.5, 0.6) is 0 Å². The van der Waals surface area contributed by atoms with Crippen LogP contribution >= 0.6 is 11.6 Å². The van der Waals surface area contributed by atoms with Crippen LogP contribution in [-0.4, -0.2) is 19.3 Å². The minimum Gasteiger partial charge on any atom is -0.336 e. The third-order valence-electron chi connectivity index (χ3n) is 2.74. The molecule has 0 aromatic carbocycles. The molecule has 1 atom stereocenters. The lowest BCUT2D eigenvalue weighted by atomic mass is 10.1. The second kappa shape index (κ2) is 4.89. The van der Waals surface area contributed by atoms with Crippen LogP contribution in [0.1, 0.15) is 30.8 Å². The summed E-state index contributed by atoms with van der Waals surface area (Å²) in [6.07, 6.45) is 6.11. The summed E-state index contributed by atoms with van der Waals surface area (Å²) in [7, 11) is 1.91. The molecule has 5 nitrogen and oxygen atoms in total. The third-order valence-corrected chi connectivity index (χ3v) is 3.03. The average Bonchev–Trinajstić information content (AvgIpc) is 2.86. The standard InChI is InChI=1S/C11H16ClN5/c1-3-4-17-11(8(12)5-15-17)10(13)9-6-14-7-16(9)2/h5-7,10H,3-4,13H2,1-2H3. The molecule has 2 aromatic rings. The van der Waals surface area contributed by atoms with Crippen LogP contribution in [0.4, 0.5) is 0 Å². The summed E-state index contributed by atoms with van der Waals surface area (Å²) >= 11 is 6.15. The molecule has 0 saturated heterocycles. The van der Waals surface area contributed by atoms with Crippen LogP contribution in [0.3, 0.4) is 0 Å². The Morgan fingerprint density at radius 1 is 1.47 bits per heavy atom. The Labute approximate surface area is 105 Å². The van der Waals surface area contributed by atoms with Crippen molar-refractivity contribution in [2.75, 3.05) is 0 Å². The summed E-state index contributed by atoms with van der Waals surface area (Å²) in [5.74, 6) is 0. The first-order valence-electron chi connectivity index (χ1n) is 5.58. The molecule has 2 N–H and O–H groups in total. The highest BCUT2D eigenvalue weighted by Gasteiger charge is 2.20. The predicted octanol–water partition coefficient (Wildman–Crippen LogP) is 1.73. The van der Waals surface area contributed by atoms with Crippen molar-refractivity contribution in [3.63, 3.8) is 0 Å². The number of nitrogens with zero attached hydrogens (tertiary/aromatic N) is 4. The molecule has 17 heavy (non-hydrogen) atoms. The van der Waals surface area contributed by atoms with Gasteiger partial charge in [-0.25, -0.2) is 4.98 Å². The van der Waals surface area contributed by atoms with E-state index < -0.39 is 0 Å². The number of rotatable bonds is 4. The third kappa shape index (κ3) is 2.21. The molecule has 92 valence electrons. The summed E-state index contributed by atoms with van der Waals surface area (Å²) in [6, 6.07) is -0.302. The van der Waals surface area contributed by atoms with E-state index in [9.17, 15) is 0 Å². The maximum atomic E-state index is 6.23. The molecule has 0 spiro atoms. The normalized spacial score (nSPS) is 12.9. The van der Waals surface area contributed by atoms with E-state index in [1.54, 1.807) is 18.7 Å². The second-order valence-electron chi connectivity index (χ2n) is 4.01. The summed E-state index contributed by atoms with van der Waals surface area (Å²) in [5.41, 5.74) is 8.00. The Kier molecular flexibility index (Phi) is 3.49. The van der Waals surface area contributed by atoms with Crippen LogP contribution in [0.2, 0.25) is 5.02 Å². The first kappa shape index (κ1) is 12.1. The van der Waals surface area contributed by atoms with Crippen molar-refractivity contribution in [3.8, 4) is 0 Å². The molecule has 0 aliphatic rings. The zero-order valence-electron chi connectivity index (χ0n) is 9.97. The van der Waals surface area contributed by atoms with Crippen molar-refractivity contribution in [1.82, 2.24) is 19.3 Å². The maximum Gasteiger partial charge on any atom is 0.0946 e. The van der Waals surface area contributed by atoms with Gasteiger partial charge in [-0.3, -0.25) is 4.68 Å². The van der Waals surface area contributed by atoms with Crippen LogP contribution in [-0.2, 0) is 13.6 Å². The molecule has 2 aromatic heterocycles. The van der Waals surface area contributed by atoms with Crippen LogP contribution in [0.25, 0.3) is 0 Å². The maximum absolute atomic E-state index is 6.23. The van der Waals surface area contributed by atoms with E-state index in [1.165, 1.54) is 0 Å². The van der Waals surface area contributed by atoms with Gasteiger partial charge in [0.15, 0.2) is 0 Å². The Bertz CT molecular complexity index is 502. The topological polar surface area (TPSA) is 61.7 Å². The molecule has 6 heteroatoms. The van der Waals surface area contributed by atoms with Gasteiger partial charge < -0.3 is 10.3 Å². The quantitative estimate of drug-likeness (QED) is 0.903. The largest absolute Gasteiger partial charge is 0.336 e. The highest BCUT2D eigenvalue weighted by Crippen LogP contribution is 2.26. The number of hydrogen-bond donors (Lipinski definition) is 1. The fourth-order valence-corrected chi connectivity index (χ4v) is 2.14. The average molecular weight is 254 g/mol. The van der Waals surface area contributed by atoms with Crippen molar-refractivity contribution < 1.29 is 0 Å². The number of halogens is 1. The molecule has 0 radical (unpaired) electrons. The first-order chi connectivity index (χ1) is 8.15. The van der Waals surface area contributed by atoms with E-state index in [-0.39, 0.29) is 6.04 Å². The Balaban J connectivity index is 2.39. The highest BCUT2D eigenvalue weighted by atomic mass is 35.5. The van der Waals surface area contributed by atoms with Gasteiger partial charge in [-0.05, 0) is 6.42 Å². The predicted molar refractivity (Wildman–Crippen MR) is 66.8 cm³/mol. The van der Waals surface area contributed by atoms with Crippen molar-refractivity contribution in [3.05, 3.63) is 35.1 Å². The van der Waals surface area contributed by atoms with Crippen LogP contribution in [0.15, 0.2) is 18.7 Å². The van der Waals surface area contributed by atoms with Crippen LogP contribution < -0.4 is 5.73 Å². The van der Waals surface area contributed by atoms with E-state index >= 15 is 0 Å². The number of imidazole rings is 1. The van der Waals surface area contributed by atoms with Crippen molar-refractivity contribution in [1.29, 1.82) is 0 Å². The lowest BCUT2D eigenvalue weighted by Crippen LogP contribution is -2.20. The Hall–Kier alpha value is -1.33. The molecular weight excluding hydrogens is 238 g/mol. The Morgan fingerprint density at radius 2 is 2.24 bits per heavy atom. The number of hydrogen-bond acceptors (Lipinski definition) is 3. The van der Waals surface area contributed by atoms with E-state index in [4.69, 9.17) is 17.3 Å². The molecule has 0 bridgehead atoms. The fourth-order valence-electron chi connectivity index (χ4n) is 1.88. The Morgan fingerprint density at radius 3 is 2.82 bits per heavy atom. The molecule has 0 aliphatic heterocycles. The van der Waals surface area contributed by atoms with Gasteiger partial charge in [0.05, 0.1) is 41.2 Å². The molecular formula is C11H16ClN5. The number of nitrogens with two attached hydrogens (primary N) is 1. The summed E-state index contributed by atoms with van der Waals surface area (Å²) < 4.78 is 3.75. The van der Waals surface area contributed by atoms with Crippen molar-refractivity contribution >= 4 is 11.6 Å². The van der Waals surface area contributed by atoms with Gasteiger partial charge in [0.2, 0.25) is 0 Å². The SMILES string of the molecule is CCCn1ncc(Cl)c1C(N)c1cncn1C. The summed E-state index contributed by atoms with van der Waals surface area (Å²) in [5, 5.41) is 4.84. The monoisotopic (exact) mass is 253 g/mol. The van der Waals surface area contributed by atoms with Gasteiger partial charge in [-0.1, -0.05) is 18.5 Å². The molecule has 2 rings (SSSR count). The van der Waals surface area contributed by atoms with Gasteiger partial charge in [-0.15, -0.1) is 0 Å². The lowest BCUT2D eigenvalue weighted by molar-refractivity contribution is 0.552. The number of aromatic nitrogens is 4. The highest BCUT2D eigenvalue weighted by molar-refractivity contribution is 6.31. The first-order valence-corrected chi connectivity index (χ1v) is 5.96. The van der Waals surface area contributed by atoms with Gasteiger partial charge in [0, 0.05) is 13.6 Å². The molecule has 0 aliphatic carbocycles. The zero-order chi connectivity index (χ0) is 12.4. The van der Waals surface area contributed by atoms with E-state index in [0.29, 0.717) is 5.02 Å². The summed E-state index contributed by atoms with van der Waals surface area (Å²) in [6.45, 7) is 2.91. The fraction of sp³-hybridized carbons (Fsp3) is 0.455. The number of aryl methyl sites for hydroxylation is 2. The minimum absolute atomic E-state index is 0.302. The molecule has 1 unspecified atom stereocenters. The molecule has 0 saturated carbocycles. The van der Waals surface area contributed by atoms with E-state index in [0.717, 1.165) is 24.4 Å². The zero-order valence-corrected chi connectivity index (χ0v) is 10.7. The molecule has 2 heterocycles. The smallest absolute Gasteiger partial charge is 0.0946 e. The minimum atomic E-state index is -0.302. The van der Waals surface area contributed by atoms with E-state index in [2.05, 4.69) is 17.0 Å². The second-order valence-corrected chi connectivity index (χ2v) is 4.42. The molecule has 0 amide bonds.